The zero-order valence-electron chi connectivity index (χ0n) is 7.90. The highest BCUT2D eigenvalue weighted by Gasteiger charge is 2.13. The molecule has 2 N–H and O–H groups in total. The van der Waals surface area contributed by atoms with Gasteiger partial charge in [-0.15, -0.1) is 0 Å². The summed E-state index contributed by atoms with van der Waals surface area (Å²) >= 11 is 0. The van der Waals surface area contributed by atoms with Gasteiger partial charge in [-0.05, 0) is 37.1 Å². The topological polar surface area (TPSA) is 84.0 Å². The van der Waals surface area contributed by atoms with Gasteiger partial charge in [-0.1, -0.05) is 0 Å². The fourth-order valence-electron chi connectivity index (χ4n) is 1.22. The van der Waals surface area contributed by atoms with Crippen molar-refractivity contribution in [2.45, 2.75) is 18.7 Å². The zero-order valence-corrected chi connectivity index (χ0v) is 8.72. The molecule has 0 spiro atoms. The summed E-state index contributed by atoms with van der Waals surface area (Å²) in [7, 11) is -3.69. The van der Waals surface area contributed by atoms with Gasteiger partial charge in [0, 0.05) is 0 Å². The molecular weight excluding hydrogens is 200 g/mol. The van der Waals surface area contributed by atoms with Crippen LogP contribution in [0.1, 0.15) is 16.7 Å². The van der Waals surface area contributed by atoms with Crippen molar-refractivity contribution in [1.29, 1.82) is 5.26 Å². The van der Waals surface area contributed by atoms with Crippen molar-refractivity contribution in [1.82, 2.24) is 0 Å². The first-order chi connectivity index (χ1) is 6.36. The number of rotatable bonds is 1. The van der Waals surface area contributed by atoms with Crippen LogP contribution in [0.5, 0.6) is 0 Å². The molecule has 0 aliphatic carbocycles. The monoisotopic (exact) mass is 210 g/mol. The summed E-state index contributed by atoms with van der Waals surface area (Å²) in [6.07, 6.45) is 0. The Kier molecular flexibility index (Phi) is 2.60. The molecule has 0 atom stereocenters. The molecule has 0 aromatic heterocycles. The number of nitriles is 1. The van der Waals surface area contributed by atoms with Crippen LogP contribution in [-0.4, -0.2) is 8.42 Å². The molecule has 0 saturated heterocycles. The minimum Gasteiger partial charge on any atom is -0.225 e. The molecule has 5 heteroatoms. The Morgan fingerprint density at radius 1 is 1.29 bits per heavy atom. The molecule has 1 aromatic rings. The third kappa shape index (κ3) is 1.92. The Morgan fingerprint density at radius 2 is 1.86 bits per heavy atom. The molecule has 14 heavy (non-hydrogen) atoms. The quantitative estimate of drug-likeness (QED) is 0.744. The van der Waals surface area contributed by atoms with Crippen LogP contribution >= 0.6 is 0 Å². The Bertz CT molecular complexity index is 512. The van der Waals surface area contributed by atoms with E-state index in [1.165, 1.54) is 12.1 Å². The maximum Gasteiger partial charge on any atom is 0.238 e. The molecule has 4 nitrogen and oxygen atoms in total. The van der Waals surface area contributed by atoms with Crippen LogP contribution in [0.4, 0.5) is 0 Å². The van der Waals surface area contributed by atoms with Gasteiger partial charge in [0.1, 0.15) is 0 Å². The van der Waals surface area contributed by atoms with E-state index in [9.17, 15) is 8.42 Å². The van der Waals surface area contributed by atoms with Crippen LogP contribution in [-0.2, 0) is 10.0 Å². The molecule has 1 aromatic carbocycles. The molecule has 1 rings (SSSR count). The van der Waals surface area contributed by atoms with Gasteiger partial charge in [0.25, 0.3) is 0 Å². The van der Waals surface area contributed by atoms with Crippen LogP contribution in [0.25, 0.3) is 0 Å². The van der Waals surface area contributed by atoms with Gasteiger partial charge >= 0.3 is 0 Å². The van der Waals surface area contributed by atoms with Crippen molar-refractivity contribution in [3.8, 4) is 6.07 Å². The average Bonchev–Trinajstić information content (AvgIpc) is 2.06. The van der Waals surface area contributed by atoms with Crippen LogP contribution in [0.2, 0.25) is 0 Å². The van der Waals surface area contributed by atoms with E-state index < -0.39 is 10.0 Å². The number of sulfonamides is 1. The molecule has 0 heterocycles. The lowest BCUT2D eigenvalue weighted by Crippen LogP contribution is -2.14. The van der Waals surface area contributed by atoms with Gasteiger partial charge in [-0.25, -0.2) is 13.6 Å². The van der Waals surface area contributed by atoms with E-state index in [1.54, 1.807) is 13.8 Å². The fraction of sp³-hybridized carbons (Fsp3) is 0.222. The number of primary sulfonamides is 1. The highest BCUT2D eigenvalue weighted by Crippen LogP contribution is 2.18. The number of nitrogens with zero attached hydrogens (tertiary/aromatic N) is 1. The maximum atomic E-state index is 11.1. The lowest BCUT2D eigenvalue weighted by Gasteiger charge is -2.05. The summed E-state index contributed by atoms with van der Waals surface area (Å²) in [6.45, 7) is 3.28. The largest absolute Gasteiger partial charge is 0.238 e. The molecule has 0 fully saturated rings. The molecule has 0 amide bonds. The molecule has 0 radical (unpaired) electrons. The predicted molar refractivity (Wildman–Crippen MR) is 52.0 cm³/mol. The van der Waals surface area contributed by atoms with E-state index in [1.807, 2.05) is 6.07 Å². The molecule has 0 bridgehead atoms. The molecule has 74 valence electrons. The van der Waals surface area contributed by atoms with Gasteiger partial charge in [-0.2, -0.15) is 5.26 Å². The lowest BCUT2D eigenvalue weighted by molar-refractivity contribution is 0.597. The zero-order chi connectivity index (χ0) is 10.9. The van der Waals surface area contributed by atoms with E-state index in [-0.39, 0.29) is 4.90 Å². The number of nitrogens with two attached hydrogens (primary N) is 1. The standard InChI is InChI=1S/C9H10N2O2S/c1-6-4-9(14(11,12)13)7(2)3-8(6)5-10/h3-4H,1-2H3,(H2,11,12,13). The van der Waals surface area contributed by atoms with Crippen molar-refractivity contribution in [2.75, 3.05) is 0 Å². The van der Waals surface area contributed by atoms with E-state index in [4.69, 9.17) is 10.4 Å². The second-order valence-corrected chi connectivity index (χ2v) is 4.62. The van der Waals surface area contributed by atoms with Crippen LogP contribution in [0.15, 0.2) is 17.0 Å². The normalized spacial score (nSPS) is 11.0. The minimum absolute atomic E-state index is 0.0778. The summed E-state index contributed by atoms with van der Waals surface area (Å²) in [5.74, 6) is 0. The van der Waals surface area contributed by atoms with Gasteiger partial charge in [0.15, 0.2) is 0 Å². The Labute approximate surface area is 83.0 Å². The van der Waals surface area contributed by atoms with E-state index in [2.05, 4.69) is 0 Å². The van der Waals surface area contributed by atoms with Crippen molar-refractivity contribution in [3.05, 3.63) is 28.8 Å². The first kappa shape index (κ1) is 10.7. The van der Waals surface area contributed by atoms with Gasteiger partial charge < -0.3 is 0 Å². The Hall–Kier alpha value is -1.38. The second kappa shape index (κ2) is 3.40. The molecule has 0 unspecified atom stereocenters. The summed E-state index contributed by atoms with van der Waals surface area (Å²) in [6, 6.07) is 4.92. The van der Waals surface area contributed by atoms with E-state index >= 15 is 0 Å². The smallest absolute Gasteiger partial charge is 0.225 e. The maximum absolute atomic E-state index is 11.1. The summed E-state index contributed by atoms with van der Waals surface area (Å²) in [4.78, 5) is 0.0778. The number of aryl methyl sites for hydroxylation is 2. The van der Waals surface area contributed by atoms with Gasteiger partial charge in [0.2, 0.25) is 10.0 Å². The van der Waals surface area contributed by atoms with Crippen molar-refractivity contribution in [3.63, 3.8) is 0 Å². The fourth-order valence-corrected chi connectivity index (χ4v) is 2.07. The number of benzene rings is 1. The van der Waals surface area contributed by atoms with E-state index in [0.717, 1.165) is 0 Å². The summed E-state index contributed by atoms with van der Waals surface area (Å²) < 4.78 is 22.2. The van der Waals surface area contributed by atoms with Crippen molar-refractivity contribution >= 4 is 10.0 Å². The van der Waals surface area contributed by atoms with Gasteiger partial charge in [-0.3, -0.25) is 0 Å². The highest BCUT2D eigenvalue weighted by atomic mass is 32.2. The minimum atomic E-state index is -3.69. The first-order valence-corrected chi connectivity index (χ1v) is 5.45. The predicted octanol–water partition coefficient (Wildman–Crippen LogP) is 0.823. The SMILES string of the molecule is Cc1cc(S(N)(=O)=O)c(C)cc1C#N. The highest BCUT2D eigenvalue weighted by molar-refractivity contribution is 7.89. The third-order valence-electron chi connectivity index (χ3n) is 1.95. The molecule has 0 aliphatic heterocycles. The van der Waals surface area contributed by atoms with Crippen molar-refractivity contribution < 1.29 is 8.42 Å². The van der Waals surface area contributed by atoms with Crippen LogP contribution < -0.4 is 5.14 Å². The molecular formula is C9H10N2O2S. The van der Waals surface area contributed by atoms with Crippen LogP contribution in [0.3, 0.4) is 0 Å². The molecule has 0 aliphatic rings. The van der Waals surface area contributed by atoms with Gasteiger partial charge in [0.05, 0.1) is 16.5 Å². The summed E-state index contributed by atoms with van der Waals surface area (Å²) in [5, 5.41) is 13.7. The Morgan fingerprint density at radius 3 is 2.29 bits per heavy atom. The average molecular weight is 210 g/mol. The van der Waals surface area contributed by atoms with E-state index in [0.29, 0.717) is 16.7 Å². The second-order valence-electron chi connectivity index (χ2n) is 3.09. The first-order valence-electron chi connectivity index (χ1n) is 3.90. The Balaban J connectivity index is 3.54. The number of hydrogen-bond donors (Lipinski definition) is 1. The number of hydrogen-bond acceptors (Lipinski definition) is 3. The lowest BCUT2D eigenvalue weighted by atomic mass is 10.1. The van der Waals surface area contributed by atoms with Crippen LogP contribution in [0, 0.1) is 25.2 Å². The molecule has 0 saturated carbocycles. The summed E-state index contributed by atoms with van der Waals surface area (Å²) in [5.41, 5.74) is 1.58. The third-order valence-corrected chi connectivity index (χ3v) is 3.00. The van der Waals surface area contributed by atoms with Crippen molar-refractivity contribution in [2.24, 2.45) is 5.14 Å².